The fraction of sp³-hybridized carbons (Fsp3) is 0.250. The van der Waals surface area contributed by atoms with Gasteiger partial charge in [0.05, 0.1) is 4.92 Å². The number of non-ortho nitro benzene ring substituents is 1. The van der Waals surface area contributed by atoms with E-state index in [1.54, 1.807) is 34.9 Å². The molecule has 4 nitrogen and oxygen atoms in total. The summed E-state index contributed by atoms with van der Waals surface area (Å²) in [7, 11) is 0. The van der Waals surface area contributed by atoms with Gasteiger partial charge in [0.2, 0.25) is 4.67 Å². The Labute approximate surface area is 106 Å². The molecule has 0 atom stereocenters. The lowest BCUT2D eigenvalue weighted by atomic mass is 10.3. The van der Waals surface area contributed by atoms with Crippen LogP contribution in [0.2, 0.25) is 0 Å². The third-order valence-corrected chi connectivity index (χ3v) is 11.4. The van der Waals surface area contributed by atoms with E-state index in [9.17, 15) is 10.1 Å². The average molecular weight is 293 g/mol. The SMILES string of the molecule is O=[N+]([O-])c1ccc(OP2(=S)SCCS2)cc1. The lowest BCUT2D eigenvalue weighted by molar-refractivity contribution is -0.384. The van der Waals surface area contributed by atoms with Gasteiger partial charge >= 0.3 is 0 Å². The van der Waals surface area contributed by atoms with E-state index >= 15 is 0 Å². The Balaban J connectivity index is 2.10. The van der Waals surface area contributed by atoms with Gasteiger partial charge in [0.15, 0.2) is 0 Å². The first-order chi connectivity index (χ1) is 7.59. The molecule has 1 aromatic rings. The highest BCUT2D eigenvalue weighted by molar-refractivity contribution is 9.00. The first-order valence-corrected chi connectivity index (χ1v) is 10.3. The van der Waals surface area contributed by atoms with E-state index in [0.29, 0.717) is 5.75 Å². The van der Waals surface area contributed by atoms with Crippen LogP contribution < -0.4 is 4.52 Å². The first-order valence-electron chi connectivity index (χ1n) is 4.42. The molecule has 0 radical (unpaired) electrons. The minimum Gasteiger partial charge on any atom is -0.448 e. The van der Waals surface area contributed by atoms with Crippen LogP contribution in [-0.4, -0.2) is 16.4 Å². The molecule has 1 heterocycles. The smallest absolute Gasteiger partial charge is 0.269 e. The molecule has 2 rings (SSSR count). The van der Waals surface area contributed by atoms with Gasteiger partial charge in [0, 0.05) is 23.6 Å². The van der Waals surface area contributed by atoms with Gasteiger partial charge in [0.1, 0.15) is 5.75 Å². The largest absolute Gasteiger partial charge is 0.448 e. The Morgan fingerprint density at radius 1 is 1.31 bits per heavy atom. The zero-order valence-electron chi connectivity index (χ0n) is 8.07. The van der Waals surface area contributed by atoms with Crippen molar-refractivity contribution in [2.45, 2.75) is 0 Å². The molecule has 1 aromatic carbocycles. The standard InChI is InChI=1S/C8H8NO3PS3/c10-9(11)7-1-3-8(4-2-7)12-13(14)15-5-6-16-13/h1-4H,5-6H2. The van der Waals surface area contributed by atoms with Crippen LogP contribution in [0.4, 0.5) is 5.69 Å². The fourth-order valence-corrected chi connectivity index (χ4v) is 10.1. The van der Waals surface area contributed by atoms with E-state index in [1.165, 1.54) is 12.1 Å². The molecule has 0 aromatic heterocycles. The quantitative estimate of drug-likeness (QED) is 0.481. The first kappa shape index (κ1) is 12.2. The maximum absolute atomic E-state index is 10.5. The molecule has 1 aliphatic heterocycles. The zero-order valence-corrected chi connectivity index (χ0v) is 11.4. The topological polar surface area (TPSA) is 52.4 Å². The van der Waals surface area contributed by atoms with E-state index < -0.39 is 9.59 Å². The minimum atomic E-state index is -1.83. The molecule has 1 aliphatic rings. The van der Waals surface area contributed by atoms with Gasteiger partial charge in [-0.05, 0) is 23.9 Å². The molecule has 16 heavy (non-hydrogen) atoms. The third-order valence-electron chi connectivity index (χ3n) is 1.85. The van der Waals surface area contributed by atoms with E-state index in [0.717, 1.165) is 11.5 Å². The summed E-state index contributed by atoms with van der Waals surface area (Å²) in [5, 5.41) is 10.5. The van der Waals surface area contributed by atoms with Gasteiger partial charge in [-0.15, -0.1) is 0 Å². The second-order valence-electron chi connectivity index (χ2n) is 2.96. The van der Waals surface area contributed by atoms with E-state index in [2.05, 4.69) is 0 Å². The highest BCUT2D eigenvalue weighted by atomic mass is 33.2. The Kier molecular flexibility index (Phi) is 3.79. The molecular formula is C8H8NO3PS3. The van der Waals surface area contributed by atoms with Gasteiger partial charge < -0.3 is 4.52 Å². The van der Waals surface area contributed by atoms with Gasteiger partial charge in [-0.1, -0.05) is 22.8 Å². The highest BCUT2D eigenvalue weighted by Crippen LogP contribution is 2.73. The number of rotatable bonds is 3. The van der Waals surface area contributed by atoms with Crippen molar-refractivity contribution in [1.29, 1.82) is 0 Å². The second-order valence-corrected chi connectivity index (χ2v) is 13.6. The van der Waals surface area contributed by atoms with Crippen molar-refractivity contribution < 1.29 is 9.45 Å². The molecule has 0 bridgehead atoms. The van der Waals surface area contributed by atoms with Crippen LogP contribution in [0.5, 0.6) is 5.75 Å². The Morgan fingerprint density at radius 2 is 1.88 bits per heavy atom. The second kappa shape index (κ2) is 4.96. The molecule has 0 amide bonds. The zero-order chi connectivity index (χ0) is 11.6. The van der Waals surface area contributed by atoms with Crippen LogP contribution in [0.3, 0.4) is 0 Å². The van der Waals surface area contributed by atoms with E-state index in [-0.39, 0.29) is 5.69 Å². The summed E-state index contributed by atoms with van der Waals surface area (Å²) in [5.74, 6) is 2.67. The highest BCUT2D eigenvalue weighted by Gasteiger charge is 2.26. The van der Waals surface area contributed by atoms with Crippen molar-refractivity contribution >= 4 is 44.9 Å². The maximum atomic E-state index is 10.5. The summed E-state index contributed by atoms with van der Waals surface area (Å²) in [6.07, 6.45) is 0. The molecule has 0 N–H and O–H groups in total. The van der Waals surface area contributed by atoms with E-state index in [1.807, 2.05) is 0 Å². The number of hydrogen-bond donors (Lipinski definition) is 0. The van der Waals surface area contributed by atoms with Crippen molar-refractivity contribution in [3.05, 3.63) is 34.4 Å². The normalized spacial score (nSPS) is 18.2. The lowest BCUT2D eigenvalue weighted by Gasteiger charge is -2.14. The van der Waals surface area contributed by atoms with E-state index in [4.69, 9.17) is 16.3 Å². The van der Waals surface area contributed by atoms with Crippen molar-refractivity contribution in [1.82, 2.24) is 0 Å². The van der Waals surface area contributed by atoms with Crippen molar-refractivity contribution in [2.24, 2.45) is 0 Å². The van der Waals surface area contributed by atoms with Crippen molar-refractivity contribution in [2.75, 3.05) is 11.5 Å². The molecule has 0 aliphatic carbocycles. The van der Waals surface area contributed by atoms with Crippen molar-refractivity contribution in [3.8, 4) is 5.75 Å². The number of nitro benzene ring substituents is 1. The molecule has 1 saturated heterocycles. The molecular weight excluding hydrogens is 285 g/mol. The van der Waals surface area contributed by atoms with Gasteiger partial charge in [-0.3, -0.25) is 10.1 Å². The Bertz CT molecular complexity index is 440. The number of hydrogen-bond acceptors (Lipinski definition) is 6. The lowest BCUT2D eigenvalue weighted by Crippen LogP contribution is -1.88. The number of nitrogens with zero attached hydrogens (tertiary/aromatic N) is 1. The third kappa shape index (κ3) is 2.91. The monoisotopic (exact) mass is 293 g/mol. The van der Waals surface area contributed by atoms with Crippen LogP contribution in [0.1, 0.15) is 0 Å². The maximum Gasteiger partial charge on any atom is 0.269 e. The predicted octanol–water partition coefficient (Wildman–Crippen LogP) is 3.68. The summed E-state index contributed by atoms with van der Waals surface area (Å²) in [4.78, 5) is 10.0. The molecule has 0 unspecified atom stereocenters. The summed E-state index contributed by atoms with van der Waals surface area (Å²) in [5.41, 5.74) is 0.0656. The van der Waals surface area contributed by atoms with Gasteiger partial charge in [-0.2, -0.15) is 0 Å². The molecule has 1 fully saturated rings. The molecule has 86 valence electrons. The predicted molar refractivity (Wildman–Crippen MR) is 72.9 cm³/mol. The number of nitro groups is 1. The Morgan fingerprint density at radius 3 is 2.38 bits per heavy atom. The number of benzene rings is 1. The summed E-state index contributed by atoms with van der Waals surface area (Å²) in [6, 6.07) is 6.07. The van der Waals surface area contributed by atoms with Gasteiger partial charge in [0.25, 0.3) is 5.69 Å². The van der Waals surface area contributed by atoms with Crippen molar-refractivity contribution in [3.63, 3.8) is 0 Å². The molecule has 8 heteroatoms. The Hall–Kier alpha value is -0.230. The molecule has 0 saturated carbocycles. The van der Waals surface area contributed by atoms with Crippen LogP contribution in [0.15, 0.2) is 24.3 Å². The molecule has 0 spiro atoms. The van der Waals surface area contributed by atoms with Gasteiger partial charge in [-0.25, -0.2) is 0 Å². The van der Waals surface area contributed by atoms with Crippen LogP contribution in [0.25, 0.3) is 0 Å². The summed E-state index contributed by atoms with van der Waals surface area (Å²) < 4.78 is 3.89. The van der Waals surface area contributed by atoms with Crippen LogP contribution in [0, 0.1) is 10.1 Å². The summed E-state index contributed by atoms with van der Waals surface area (Å²) in [6.45, 7) is 0. The summed E-state index contributed by atoms with van der Waals surface area (Å²) >= 11 is 8.78. The van der Waals surface area contributed by atoms with Crippen LogP contribution >= 0.6 is 27.4 Å². The minimum absolute atomic E-state index is 0.0656. The van der Waals surface area contributed by atoms with Crippen LogP contribution in [-0.2, 0) is 11.8 Å². The fourth-order valence-electron chi connectivity index (χ4n) is 1.15. The average Bonchev–Trinajstić information content (AvgIpc) is 2.65.